The van der Waals surface area contributed by atoms with E-state index in [-0.39, 0.29) is 5.56 Å². The van der Waals surface area contributed by atoms with Crippen molar-refractivity contribution in [1.82, 2.24) is 4.90 Å². The van der Waals surface area contributed by atoms with Gasteiger partial charge in [-0.1, -0.05) is 6.92 Å². The SMILES string of the molecule is CCN1CCN(c2ccc(NC(=O)c3ccc(OC)cc3F)cc2C)CC1. The molecule has 0 radical (unpaired) electrons. The Morgan fingerprint density at radius 3 is 2.48 bits per heavy atom. The summed E-state index contributed by atoms with van der Waals surface area (Å²) in [6.07, 6.45) is 0. The Labute approximate surface area is 159 Å². The molecule has 27 heavy (non-hydrogen) atoms. The van der Waals surface area contributed by atoms with Crippen LogP contribution in [0, 0.1) is 12.7 Å². The normalized spacial score (nSPS) is 14.9. The zero-order chi connectivity index (χ0) is 19.4. The average Bonchev–Trinajstić information content (AvgIpc) is 2.68. The second-order valence-electron chi connectivity index (χ2n) is 6.72. The smallest absolute Gasteiger partial charge is 0.258 e. The summed E-state index contributed by atoms with van der Waals surface area (Å²) in [5.74, 6) is -0.694. The van der Waals surface area contributed by atoms with Gasteiger partial charge in [0.25, 0.3) is 5.91 Å². The second-order valence-corrected chi connectivity index (χ2v) is 6.72. The number of carbonyl (C=O) groups is 1. The van der Waals surface area contributed by atoms with Crippen molar-refractivity contribution in [1.29, 1.82) is 0 Å². The van der Waals surface area contributed by atoms with Gasteiger partial charge in [0.2, 0.25) is 0 Å². The quantitative estimate of drug-likeness (QED) is 0.873. The Bertz CT molecular complexity index is 817. The lowest BCUT2D eigenvalue weighted by Gasteiger charge is -2.36. The average molecular weight is 371 g/mol. The van der Waals surface area contributed by atoms with Crippen molar-refractivity contribution in [3.05, 3.63) is 53.3 Å². The molecule has 1 saturated heterocycles. The molecule has 0 saturated carbocycles. The van der Waals surface area contributed by atoms with Crippen LogP contribution in [0.4, 0.5) is 15.8 Å². The number of benzene rings is 2. The molecule has 1 amide bonds. The molecule has 1 fully saturated rings. The van der Waals surface area contributed by atoms with Crippen molar-refractivity contribution < 1.29 is 13.9 Å². The summed E-state index contributed by atoms with van der Waals surface area (Å²) >= 11 is 0. The minimum atomic E-state index is -0.603. The maximum absolute atomic E-state index is 14.1. The molecule has 2 aromatic rings. The van der Waals surface area contributed by atoms with E-state index in [2.05, 4.69) is 22.0 Å². The first-order chi connectivity index (χ1) is 13.0. The molecule has 3 rings (SSSR count). The Morgan fingerprint density at radius 2 is 1.89 bits per heavy atom. The molecule has 0 aliphatic carbocycles. The highest BCUT2D eigenvalue weighted by atomic mass is 19.1. The summed E-state index contributed by atoms with van der Waals surface area (Å²) < 4.78 is 19.1. The standard InChI is InChI=1S/C21H26FN3O2/c1-4-24-9-11-25(12-10-24)20-8-5-16(13-15(20)2)23-21(26)18-7-6-17(27-3)14-19(18)22/h5-8,13-14H,4,9-12H2,1-3H3,(H,23,26). The second kappa shape index (κ2) is 8.39. The number of anilines is 2. The van der Waals surface area contributed by atoms with Crippen molar-refractivity contribution in [2.24, 2.45) is 0 Å². The van der Waals surface area contributed by atoms with Gasteiger partial charge in [0.05, 0.1) is 12.7 Å². The third-order valence-corrected chi connectivity index (χ3v) is 5.04. The van der Waals surface area contributed by atoms with Crippen LogP contribution < -0.4 is 15.0 Å². The first-order valence-corrected chi connectivity index (χ1v) is 9.24. The summed E-state index contributed by atoms with van der Waals surface area (Å²) in [5, 5.41) is 2.78. The summed E-state index contributed by atoms with van der Waals surface area (Å²) in [6.45, 7) is 9.42. The zero-order valence-corrected chi connectivity index (χ0v) is 16.1. The maximum atomic E-state index is 14.1. The van der Waals surface area contributed by atoms with Crippen molar-refractivity contribution >= 4 is 17.3 Å². The lowest BCUT2D eigenvalue weighted by Crippen LogP contribution is -2.46. The van der Waals surface area contributed by atoms with Gasteiger partial charge in [-0.2, -0.15) is 0 Å². The number of halogens is 1. The van der Waals surface area contributed by atoms with Crippen molar-refractivity contribution in [2.75, 3.05) is 50.1 Å². The van der Waals surface area contributed by atoms with Crippen molar-refractivity contribution in [3.63, 3.8) is 0 Å². The van der Waals surface area contributed by atoms with E-state index in [1.807, 2.05) is 25.1 Å². The first kappa shape index (κ1) is 19.2. The van der Waals surface area contributed by atoms with E-state index in [4.69, 9.17) is 4.74 Å². The zero-order valence-electron chi connectivity index (χ0n) is 16.1. The van der Waals surface area contributed by atoms with Gasteiger partial charge < -0.3 is 19.9 Å². The third-order valence-electron chi connectivity index (χ3n) is 5.04. The number of nitrogens with one attached hydrogen (secondary N) is 1. The Balaban J connectivity index is 1.70. The number of likely N-dealkylation sites (N-methyl/N-ethyl adjacent to an activating group) is 1. The summed E-state index contributed by atoms with van der Waals surface area (Å²) in [5.41, 5.74) is 2.92. The summed E-state index contributed by atoms with van der Waals surface area (Å²) in [7, 11) is 1.46. The number of hydrogen-bond acceptors (Lipinski definition) is 4. The first-order valence-electron chi connectivity index (χ1n) is 9.24. The van der Waals surface area contributed by atoms with Crippen LogP contribution in [0.2, 0.25) is 0 Å². The van der Waals surface area contributed by atoms with E-state index in [9.17, 15) is 9.18 Å². The lowest BCUT2D eigenvalue weighted by molar-refractivity contribution is 0.102. The van der Waals surface area contributed by atoms with Gasteiger partial charge in [-0.25, -0.2) is 4.39 Å². The lowest BCUT2D eigenvalue weighted by atomic mass is 10.1. The molecule has 2 aromatic carbocycles. The van der Waals surface area contributed by atoms with E-state index in [1.54, 1.807) is 6.07 Å². The van der Waals surface area contributed by atoms with E-state index < -0.39 is 11.7 Å². The number of piperazine rings is 1. The van der Waals surface area contributed by atoms with E-state index in [1.165, 1.54) is 24.9 Å². The number of amides is 1. The number of nitrogens with zero attached hydrogens (tertiary/aromatic N) is 2. The predicted octanol–water partition coefficient (Wildman–Crippen LogP) is 3.54. The van der Waals surface area contributed by atoms with Gasteiger partial charge in [0.1, 0.15) is 11.6 Å². The largest absolute Gasteiger partial charge is 0.497 e. The fourth-order valence-corrected chi connectivity index (χ4v) is 3.40. The van der Waals surface area contributed by atoms with E-state index in [0.717, 1.165) is 38.3 Å². The fourth-order valence-electron chi connectivity index (χ4n) is 3.40. The Kier molecular flexibility index (Phi) is 5.96. The van der Waals surface area contributed by atoms with Gasteiger partial charge in [0, 0.05) is 43.6 Å². The molecule has 0 bridgehead atoms. The molecule has 0 aromatic heterocycles. The molecule has 144 valence electrons. The monoisotopic (exact) mass is 371 g/mol. The van der Waals surface area contributed by atoms with Gasteiger partial charge in [-0.15, -0.1) is 0 Å². The molecule has 0 atom stereocenters. The van der Waals surface area contributed by atoms with Crippen LogP contribution in [0.15, 0.2) is 36.4 Å². The molecular weight excluding hydrogens is 345 g/mol. The van der Waals surface area contributed by atoms with Crippen LogP contribution in [0.25, 0.3) is 0 Å². The summed E-state index contributed by atoms with van der Waals surface area (Å²) in [4.78, 5) is 17.2. The molecule has 6 heteroatoms. The van der Waals surface area contributed by atoms with Crippen LogP contribution in [0.3, 0.4) is 0 Å². The third kappa shape index (κ3) is 4.39. The fraction of sp³-hybridized carbons (Fsp3) is 0.381. The van der Waals surface area contributed by atoms with Crippen LogP contribution in [0.1, 0.15) is 22.8 Å². The number of hydrogen-bond donors (Lipinski definition) is 1. The van der Waals surface area contributed by atoms with Crippen molar-refractivity contribution in [2.45, 2.75) is 13.8 Å². The number of carbonyl (C=O) groups excluding carboxylic acids is 1. The highest BCUT2D eigenvalue weighted by Crippen LogP contribution is 2.25. The minimum absolute atomic E-state index is 0.00628. The maximum Gasteiger partial charge on any atom is 0.258 e. The van der Waals surface area contributed by atoms with Crippen LogP contribution in [0.5, 0.6) is 5.75 Å². The predicted molar refractivity (Wildman–Crippen MR) is 106 cm³/mol. The van der Waals surface area contributed by atoms with Crippen LogP contribution in [-0.4, -0.2) is 50.6 Å². The number of methoxy groups -OCH3 is 1. The van der Waals surface area contributed by atoms with E-state index in [0.29, 0.717) is 11.4 Å². The van der Waals surface area contributed by atoms with Gasteiger partial charge in [0.15, 0.2) is 0 Å². The molecule has 1 heterocycles. The topological polar surface area (TPSA) is 44.8 Å². The number of rotatable bonds is 5. The van der Waals surface area contributed by atoms with Crippen molar-refractivity contribution in [3.8, 4) is 5.75 Å². The van der Waals surface area contributed by atoms with Gasteiger partial charge in [-0.3, -0.25) is 4.79 Å². The molecule has 0 spiro atoms. The molecule has 0 unspecified atom stereocenters. The van der Waals surface area contributed by atoms with Crippen LogP contribution in [-0.2, 0) is 0 Å². The molecule has 1 N–H and O–H groups in total. The highest BCUT2D eigenvalue weighted by molar-refractivity contribution is 6.04. The number of aryl methyl sites for hydroxylation is 1. The van der Waals surface area contributed by atoms with E-state index >= 15 is 0 Å². The van der Waals surface area contributed by atoms with Gasteiger partial charge >= 0.3 is 0 Å². The van der Waals surface area contributed by atoms with Crippen LogP contribution >= 0.6 is 0 Å². The molecule has 1 aliphatic heterocycles. The molecular formula is C21H26FN3O2. The van der Waals surface area contributed by atoms with Gasteiger partial charge in [-0.05, 0) is 49.4 Å². The Morgan fingerprint density at radius 1 is 1.15 bits per heavy atom. The highest BCUT2D eigenvalue weighted by Gasteiger charge is 2.18. The molecule has 1 aliphatic rings. The number of ether oxygens (including phenoxy) is 1. The summed E-state index contributed by atoms with van der Waals surface area (Å²) in [6, 6.07) is 10.0. The Hall–Kier alpha value is -2.60. The minimum Gasteiger partial charge on any atom is -0.497 e. The molecule has 5 nitrogen and oxygen atoms in total.